The number of rotatable bonds is 7. The van der Waals surface area contributed by atoms with Gasteiger partial charge in [0, 0.05) is 24.4 Å². The van der Waals surface area contributed by atoms with Gasteiger partial charge in [-0.1, -0.05) is 0 Å². The number of anilines is 1. The first-order valence-electron chi connectivity index (χ1n) is 9.11. The van der Waals surface area contributed by atoms with E-state index in [-0.39, 0.29) is 24.5 Å². The first kappa shape index (κ1) is 26.3. The van der Waals surface area contributed by atoms with Gasteiger partial charge in [-0.05, 0) is 32.9 Å². The Morgan fingerprint density at radius 2 is 1.76 bits per heavy atom. The van der Waals surface area contributed by atoms with Gasteiger partial charge in [0.15, 0.2) is 17.4 Å². The number of halogens is 5. The molecule has 0 saturated carbocycles. The third-order valence-electron chi connectivity index (χ3n) is 3.73. The van der Waals surface area contributed by atoms with Crippen molar-refractivity contribution in [1.29, 1.82) is 0 Å². The largest absolute Gasteiger partial charge is 0.534 e. The van der Waals surface area contributed by atoms with E-state index in [1.807, 2.05) is 0 Å². The van der Waals surface area contributed by atoms with Crippen molar-refractivity contribution in [2.45, 2.75) is 38.4 Å². The number of methoxy groups -OCH3 is 1. The number of benzene rings is 1. The van der Waals surface area contributed by atoms with E-state index in [0.717, 1.165) is 6.07 Å². The number of alkyl halides is 3. The van der Waals surface area contributed by atoms with Crippen LogP contribution in [0, 0.1) is 11.6 Å². The van der Waals surface area contributed by atoms with Crippen molar-refractivity contribution in [3.05, 3.63) is 30.0 Å². The summed E-state index contributed by atoms with van der Waals surface area (Å²) in [6.45, 7) is 5.09. The van der Waals surface area contributed by atoms with E-state index in [4.69, 9.17) is 9.47 Å². The summed E-state index contributed by atoms with van der Waals surface area (Å²) in [7, 11) is -4.82. The Kier molecular flexibility index (Phi) is 7.58. The summed E-state index contributed by atoms with van der Waals surface area (Å²) in [5, 5.41) is 6.32. The zero-order valence-corrected chi connectivity index (χ0v) is 18.6. The smallest absolute Gasteiger partial charge is 0.444 e. The molecule has 1 aromatic carbocycles. The fraction of sp³-hybridized carbons (Fsp3) is 0.444. The molecule has 0 aliphatic rings. The number of amides is 1. The standard InChI is InChI=1S/C18H20F5N3O6S/c1-17(2,3)31-16(27)24-15-11(9-26(25-15)7-8-30-4)10-5-6-12(14(20)13(10)19)32-33(28,29)18(21,22)23/h5-6,9H,7-8H2,1-4H3,(H,24,25,27). The van der Waals surface area contributed by atoms with Gasteiger partial charge in [0.25, 0.3) is 0 Å². The van der Waals surface area contributed by atoms with Crippen molar-refractivity contribution in [3.63, 3.8) is 0 Å². The minimum Gasteiger partial charge on any atom is -0.444 e. The number of nitrogens with one attached hydrogen (secondary N) is 1. The summed E-state index contributed by atoms with van der Waals surface area (Å²) in [4.78, 5) is 12.1. The van der Waals surface area contributed by atoms with E-state index < -0.39 is 50.3 Å². The number of ether oxygens (including phenoxy) is 2. The van der Waals surface area contributed by atoms with Gasteiger partial charge in [-0.3, -0.25) is 10.00 Å². The SMILES string of the molecule is COCCn1cc(-c2ccc(OS(=O)(=O)C(F)(F)F)c(F)c2F)c(NC(=O)OC(C)(C)C)n1. The third kappa shape index (κ3) is 6.54. The van der Waals surface area contributed by atoms with Gasteiger partial charge in [-0.15, -0.1) is 0 Å². The Bertz CT molecular complexity index is 1130. The number of carbonyl (C=O) groups is 1. The molecule has 33 heavy (non-hydrogen) atoms. The molecule has 0 atom stereocenters. The molecule has 9 nitrogen and oxygen atoms in total. The number of hydrogen-bond donors (Lipinski definition) is 1. The monoisotopic (exact) mass is 501 g/mol. The van der Waals surface area contributed by atoms with Crippen molar-refractivity contribution in [1.82, 2.24) is 9.78 Å². The summed E-state index contributed by atoms with van der Waals surface area (Å²) in [5.74, 6) is -5.48. The van der Waals surface area contributed by atoms with Crippen molar-refractivity contribution in [3.8, 4) is 16.9 Å². The first-order valence-corrected chi connectivity index (χ1v) is 10.5. The summed E-state index contributed by atoms with van der Waals surface area (Å²) in [5.41, 5.74) is -7.44. The van der Waals surface area contributed by atoms with Crippen molar-refractivity contribution < 1.29 is 48.8 Å². The van der Waals surface area contributed by atoms with E-state index >= 15 is 0 Å². The van der Waals surface area contributed by atoms with Gasteiger partial charge in [0.2, 0.25) is 5.82 Å². The van der Waals surface area contributed by atoms with Crippen LogP contribution in [-0.2, 0) is 26.1 Å². The van der Waals surface area contributed by atoms with E-state index in [0.29, 0.717) is 6.07 Å². The van der Waals surface area contributed by atoms with Crippen molar-refractivity contribution in [2.24, 2.45) is 0 Å². The molecule has 1 heterocycles. The summed E-state index contributed by atoms with van der Waals surface area (Å²) in [6, 6.07) is 1.28. The minimum absolute atomic E-state index is 0.147. The molecule has 0 aliphatic heterocycles. The number of hydrogen-bond acceptors (Lipinski definition) is 7. The molecule has 1 aromatic heterocycles. The van der Waals surface area contributed by atoms with Gasteiger partial charge in [-0.2, -0.15) is 31.1 Å². The number of aromatic nitrogens is 2. The Hall–Kier alpha value is -2.94. The molecule has 0 bridgehead atoms. The lowest BCUT2D eigenvalue weighted by atomic mass is 10.1. The lowest BCUT2D eigenvalue weighted by Gasteiger charge is -2.19. The van der Waals surface area contributed by atoms with E-state index in [9.17, 15) is 35.2 Å². The highest BCUT2D eigenvalue weighted by Crippen LogP contribution is 2.36. The zero-order valence-electron chi connectivity index (χ0n) is 17.8. The fourth-order valence-corrected chi connectivity index (χ4v) is 2.84. The topological polar surface area (TPSA) is 109 Å². The average Bonchev–Trinajstić information content (AvgIpc) is 3.03. The molecular weight excluding hydrogens is 481 g/mol. The Morgan fingerprint density at radius 1 is 1.12 bits per heavy atom. The van der Waals surface area contributed by atoms with E-state index in [1.54, 1.807) is 20.8 Å². The zero-order chi connectivity index (χ0) is 25.2. The molecular formula is C18H20F5N3O6S. The molecule has 1 amide bonds. The van der Waals surface area contributed by atoms with Crippen LogP contribution in [0.4, 0.5) is 32.6 Å². The maximum atomic E-state index is 14.7. The van der Waals surface area contributed by atoms with Crippen LogP contribution < -0.4 is 9.50 Å². The van der Waals surface area contributed by atoms with Crippen LogP contribution >= 0.6 is 0 Å². The molecule has 2 rings (SSSR count). The molecule has 0 saturated heterocycles. The predicted molar refractivity (Wildman–Crippen MR) is 105 cm³/mol. The Labute approximate surface area is 185 Å². The van der Waals surface area contributed by atoms with Crippen LogP contribution in [0.25, 0.3) is 11.1 Å². The molecule has 0 unspecified atom stereocenters. The average molecular weight is 501 g/mol. The molecule has 15 heteroatoms. The third-order valence-corrected chi connectivity index (χ3v) is 4.69. The maximum absolute atomic E-state index is 14.7. The normalized spacial score (nSPS) is 12.5. The predicted octanol–water partition coefficient (Wildman–Crippen LogP) is 4.05. The highest BCUT2D eigenvalue weighted by molar-refractivity contribution is 7.88. The van der Waals surface area contributed by atoms with Crippen LogP contribution in [0.5, 0.6) is 5.75 Å². The van der Waals surface area contributed by atoms with E-state index in [1.165, 1.54) is 18.0 Å². The second-order valence-corrected chi connectivity index (χ2v) is 9.03. The maximum Gasteiger partial charge on any atom is 0.534 e. The Balaban J connectivity index is 2.48. The fourth-order valence-electron chi connectivity index (χ4n) is 2.38. The summed E-state index contributed by atoms with van der Waals surface area (Å²) in [6.07, 6.45) is 0.258. The molecule has 0 spiro atoms. The molecule has 0 fully saturated rings. The second-order valence-electron chi connectivity index (χ2n) is 7.50. The molecule has 2 aromatic rings. The minimum atomic E-state index is -6.23. The molecule has 0 radical (unpaired) electrons. The summed E-state index contributed by atoms with van der Waals surface area (Å²) < 4.78 is 104. The molecule has 184 valence electrons. The van der Waals surface area contributed by atoms with Crippen LogP contribution in [0.1, 0.15) is 20.8 Å². The lowest BCUT2D eigenvalue weighted by molar-refractivity contribution is -0.0501. The Morgan fingerprint density at radius 3 is 2.30 bits per heavy atom. The van der Waals surface area contributed by atoms with Crippen molar-refractivity contribution in [2.75, 3.05) is 19.0 Å². The van der Waals surface area contributed by atoms with Crippen molar-refractivity contribution >= 4 is 22.0 Å². The molecule has 0 aliphatic carbocycles. The lowest BCUT2D eigenvalue weighted by Crippen LogP contribution is -2.28. The number of carbonyl (C=O) groups excluding carboxylic acids is 1. The van der Waals surface area contributed by atoms with Crippen LogP contribution in [-0.4, -0.2) is 49.1 Å². The van der Waals surface area contributed by atoms with Gasteiger partial charge in [0.1, 0.15) is 5.60 Å². The first-order chi connectivity index (χ1) is 15.1. The van der Waals surface area contributed by atoms with Gasteiger partial charge in [0.05, 0.1) is 13.2 Å². The van der Waals surface area contributed by atoms with Crippen LogP contribution in [0.2, 0.25) is 0 Å². The van der Waals surface area contributed by atoms with Crippen LogP contribution in [0.15, 0.2) is 18.3 Å². The molecule has 1 N–H and O–H groups in total. The van der Waals surface area contributed by atoms with Gasteiger partial charge in [-0.25, -0.2) is 9.18 Å². The van der Waals surface area contributed by atoms with Crippen LogP contribution in [0.3, 0.4) is 0 Å². The number of nitrogens with zero attached hydrogens (tertiary/aromatic N) is 2. The van der Waals surface area contributed by atoms with Gasteiger partial charge < -0.3 is 13.7 Å². The van der Waals surface area contributed by atoms with Gasteiger partial charge >= 0.3 is 21.7 Å². The quantitative estimate of drug-likeness (QED) is 0.346. The highest BCUT2D eigenvalue weighted by atomic mass is 32.2. The summed E-state index contributed by atoms with van der Waals surface area (Å²) >= 11 is 0. The highest BCUT2D eigenvalue weighted by Gasteiger charge is 2.49. The second kappa shape index (κ2) is 9.51. The van der Waals surface area contributed by atoms with E-state index in [2.05, 4.69) is 14.6 Å².